The lowest BCUT2D eigenvalue weighted by Crippen LogP contribution is -2.59. The lowest BCUT2D eigenvalue weighted by atomic mass is 9.45. The Morgan fingerprint density at radius 1 is 1.19 bits per heavy atom. The number of hydrogen-bond donors (Lipinski definition) is 0. The number of esters is 1. The molecule has 3 rings (SSSR count). The molecule has 0 saturated heterocycles. The molecule has 0 spiro atoms. The van der Waals surface area contributed by atoms with Gasteiger partial charge in [-0.05, 0) is 55.4 Å². The van der Waals surface area contributed by atoms with Gasteiger partial charge in [0.05, 0.1) is 11.8 Å². The van der Waals surface area contributed by atoms with Crippen molar-refractivity contribution in [3.63, 3.8) is 0 Å². The maximum atomic E-state index is 12.9. The number of carbonyl (C=O) groups excluding carboxylic acids is 2. The van der Waals surface area contributed by atoms with Crippen LogP contribution < -0.4 is 0 Å². The molecule has 26 heavy (non-hydrogen) atoms. The predicted molar refractivity (Wildman–Crippen MR) is 99.8 cm³/mol. The number of hydrogen-bond acceptors (Lipinski definition) is 4. The second-order valence-electron chi connectivity index (χ2n) is 9.54. The fraction of sp³-hybridized carbons (Fsp3) is 0.727. The van der Waals surface area contributed by atoms with E-state index in [2.05, 4.69) is 20.8 Å². The molecular formula is C22H32O4. The highest BCUT2D eigenvalue weighted by molar-refractivity contribution is 5.96. The van der Waals surface area contributed by atoms with E-state index in [9.17, 15) is 9.59 Å². The van der Waals surface area contributed by atoms with Gasteiger partial charge < -0.3 is 9.15 Å². The normalized spacial score (nSPS) is 36.2. The lowest BCUT2D eigenvalue weighted by molar-refractivity contribution is -0.197. The summed E-state index contributed by atoms with van der Waals surface area (Å²) in [5.41, 5.74) is 0.255. The van der Waals surface area contributed by atoms with Gasteiger partial charge in [-0.15, -0.1) is 0 Å². The Hall–Kier alpha value is -1.58. The summed E-state index contributed by atoms with van der Waals surface area (Å²) < 4.78 is 11.0. The van der Waals surface area contributed by atoms with E-state index in [0.717, 1.165) is 25.7 Å². The van der Waals surface area contributed by atoms with Crippen LogP contribution in [-0.2, 0) is 9.53 Å². The first-order chi connectivity index (χ1) is 12.1. The summed E-state index contributed by atoms with van der Waals surface area (Å²) in [5, 5.41) is 0. The molecule has 1 heterocycles. The number of carbonyl (C=O) groups is 2. The third-order valence-electron chi connectivity index (χ3n) is 7.35. The Labute approximate surface area is 156 Å². The van der Waals surface area contributed by atoms with Gasteiger partial charge in [0.25, 0.3) is 0 Å². The number of ketones is 1. The van der Waals surface area contributed by atoms with Crippen LogP contribution in [-0.4, -0.2) is 17.4 Å². The molecule has 2 fully saturated rings. The van der Waals surface area contributed by atoms with E-state index in [0.29, 0.717) is 17.9 Å². The Kier molecular flexibility index (Phi) is 4.83. The minimum atomic E-state index is -0.593. The second kappa shape index (κ2) is 6.54. The molecule has 4 nitrogen and oxygen atoms in total. The average molecular weight is 360 g/mol. The van der Waals surface area contributed by atoms with Crippen molar-refractivity contribution in [1.29, 1.82) is 0 Å². The molecule has 0 radical (unpaired) electrons. The van der Waals surface area contributed by atoms with Crippen molar-refractivity contribution >= 4 is 11.8 Å². The van der Waals surface area contributed by atoms with Crippen LogP contribution in [0.2, 0.25) is 0 Å². The number of fused-ring (bicyclic) bond motifs is 1. The zero-order valence-electron chi connectivity index (χ0n) is 16.8. The summed E-state index contributed by atoms with van der Waals surface area (Å²) in [4.78, 5) is 24.8. The predicted octanol–water partition coefficient (Wildman–Crippen LogP) is 5.42. The van der Waals surface area contributed by atoms with E-state index in [1.54, 1.807) is 6.07 Å². The number of furan rings is 1. The van der Waals surface area contributed by atoms with Crippen LogP contribution in [0.15, 0.2) is 23.0 Å². The molecule has 2 aliphatic carbocycles. The molecular weight excluding hydrogens is 328 g/mol. The molecule has 1 aromatic rings. The van der Waals surface area contributed by atoms with E-state index < -0.39 is 5.60 Å². The first-order valence-electron chi connectivity index (χ1n) is 9.83. The molecule has 4 heteroatoms. The van der Waals surface area contributed by atoms with E-state index in [4.69, 9.17) is 9.15 Å². The first-order valence-corrected chi connectivity index (χ1v) is 9.83. The summed E-state index contributed by atoms with van der Waals surface area (Å²) in [7, 11) is 0. The maximum absolute atomic E-state index is 12.9. The molecule has 4 atom stereocenters. The fourth-order valence-electron chi connectivity index (χ4n) is 6.23. The molecule has 0 bridgehead atoms. The lowest BCUT2D eigenvalue weighted by Gasteiger charge is -2.61. The molecule has 0 unspecified atom stereocenters. The largest absolute Gasteiger partial charge is 0.472 e. The number of Topliss-reactive ketones (excluding diaryl/α,β-unsaturated/α-hetero) is 1. The highest BCUT2D eigenvalue weighted by atomic mass is 16.6. The first kappa shape index (κ1) is 19.2. The van der Waals surface area contributed by atoms with E-state index >= 15 is 0 Å². The summed E-state index contributed by atoms with van der Waals surface area (Å²) in [6.07, 6.45) is 8.77. The summed E-state index contributed by atoms with van der Waals surface area (Å²) >= 11 is 0. The van der Waals surface area contributed by atoms with Gasteiger partial charge in [0, 0.05) is 19.3 Å². The van der Waals surface area contributed by atoms with Gasteiger partial charge in [0.1, 0.15) is 11.9 Å². The molecule has 0 N–H and O–H groups in total. The third-order valence-corrected chi connectivity index (χ3v) is 7.35. The standard InChI is InChI=1S/C22H32O4/c1-15(23)26-22(5)11-7-18-20(2,3)9-6-10-21(18,4)19(22)13-17(24)16-8-12-25-14-16/h8,12,14,18-19H,6-7,9-11,13H2,1-5H3/t18-,19+,21-,22+/m0/s1. The third kappa shape index (κ3) is 3.23. The number of ether oxygens (including phenoxy) is 1. The minimum Gasteiger partial charge on any atom is -0.472 e. The Morgan fingerprint density at radius 3 is 2.54 bits per heavy atom. The minimum absolute atomic E-state index is 0.0103. The summed E-state index contributed by atoms with van der Waals surface area (Å²) in [5.74, 6) is 0.368. The molecule has 0 aromatic carbocycles. The van der Waals surface area contributed by atoms with Gasteiger partial charge in [-0.1, -0.05) is 27.2 Å². The SMILES string of the molecule is CC(=O)O[C@]1(C)CC[C@H]2C(C)(C)CCC[C@]2(C)[C@H]1CC(=O)c1ccoc1. The summed E-state index contributed by atoms with van der Waals surface area (Å²) in [6, 6.07) is 1.72. The van der Waals surface area contributed by atoms with Crippen molar-refractivity contribution < 1.29 is 18.7 Å². The van der Waals surface area contributed by atoms with Crippen molar-refractivity contribution in [3.8, 4) is 0 Å². The van der Waals surface area contributed by atoms with Crippen LogP contribution >= 0.6 is 0 Å². The highest BCUT2D eigenvalue weighted by Crippen LogP contribution is 2.63. The van der Waals surface area contributed by atoms with E-state index in [1.165, 1.54) is 25.9 Å². The average Bonchev–Trinajstić information content (AvgIpc) is 3.03. The van der Waals surface area contributed by atoms with Crippen molar-refractivity contribution in [2.45, 2.75) is 78.7 Å². The van der Waals surface area contributed by atoms with Gasteiger partial charge in [0.2, 0.25) is 0 Å². The molecule has 2 aliphatic rings. The zero-order chi connectivity index (χ0) is 19.2. The molecule has 0 amide bonds. The maximum Gasteiger partial charge on any atom is 0.303 e. The van der Waals surface area contributed by atoms with Gasteiger partial charge >= 0.3 is 5.97 Å². The zero-order valence-corrected chi connectivity index (χ0v) is 16.8. The van der Waals surface area contributed by atoms with E-state index in [-0.39, 0.29) is 28.5 Å². The quantitative estimate of drug-likeness (QED) is 0.531. The van der Waals surface area contributed by atoms with Crippen molar-refractivity contribution in [2.75, 3.05) is 0 Å². The Balaban J connectivity index is 1.98. The van der Waals surface area contributed by atoms with Gasteiger partial charge in [-0.25, -0.2) is 0 Å². The van der Waals surface area contributed by atoms with Crippen molar-refractivity contribution in [3.05, 3.63) is 24.2 Å². The van der Waals surface area contributed by atoms with Crippen LogP contribution in [0.1, 0.15) is 83.5 Å². The topological polar surface area (TPSA) is 56.5 Å². The Bertz CT molecular complexity index is 674. The van der Waals surface area contributed by atoms with Crippen LogP contribution in [0.3, 0.4) is 0 Å². The molecule has 1 aromatic heterocycles. The smallest absolute Gasteiger partial charge is 0.303 e. The molecule has 2 saturated carbocycles. The van der Waals surface area contributed by atoms with Gasteiger partial charge in [-0.2, -0.15) is 0 Å². The van der Waals surface area contributed by atoms with Crippen LogP contribution in [0.4, 0.5) is 0 Å². The second-order valence-corrected chi connectivity index (χ2v) is 9.54. The number of rotatable bonds is 4. The van der Waals surface area contributed by atoms with Crippen LogP contribution in [0, 0.1) is 22.7 Å². The highest BCUT2D eigenvalue weighted by Gasteiger charge is 2.59. The molecule has 0 aliphatic heterocycles. The van der Waals surface area contributed by atoms with Crippen LogP contribution in [0.5, 0.6) is 0 Å². The van der Waals surface area contributed by atoms with Crippen molar-refractivity contribution in [2.24, 2.45) is 22.7 Å². The summed E-state index contributed by atoms with van der Waals surface area (Å²) in [6.45, 7) is 10.5. The Morgan fingerprint density at radius 2 is 1.92 bits per heavy atom. The fourth-order valence-corrected chi connectivity index (χ4v) is 6.23. The monoisotopic (exact) mass is 360 g/mol. The van der Waals surface area contributed by atoms with Gasteiger partial charge in [-0.3, -0.25) is 9.59 Å². The van der Waals surface area contributed by atoms with Crippen molar-refractivity contribution in [1.82, 2.24) is 0 Å². The van der Waals surface area contributed by atoms with Gasteiger partial charge in [0.15, 0.2) is 5.78 Å². The van der Waals surface area contributed by atoms with E-state index in [1.807, 2.05) is 6.92 Å². The van der Waals surface area contributed by atoms with Crippen LogP contribution in [0.25, 0.3) is 0 Å². The molecule has 144 valence electrons.